The molecule has 1 saturated heterocycles. The number of nitrogens with one attached hydrogen (secondary N) is 1. The van der Waals surface area contributed by atoms with Crippen molar-refractivity contribution in [2.45, 2.75) is 25.5 Å². The predicted molar refractivity (Wildman–Crippen MR) is 108 cm³/mol. The van der Waals surface area contributed by atoms with E-state index in [1.54, 1.807) is 6.07 Å². The minimum absolute atomic E-state index is 0.0505. The fourth-order valence-corrected chi connectivity index (χ4v) is 3.50. The van der Waals surface area contributed by atoms with Crippen molar-refractivity contribution in [1.29, 1.82) is 0 Å². The van der Waals surface area contributed by atoms with Crippen molar-refractivity contribution in [2.24, 2.45) is 0 Å². The van der Waals surface area contributed by atoms with E-state index in [0.717, 1.165) is 25.0 Å². The number of halogens is 3. The zero-order valence-electron chi connectivity index (χ0n) is 14.1. The molecule has 7 heteroatoms. The molecule has 3 nitrogen and oxygen atoms in total. The highest BCUT2D eigenvalue weighted by atomic mass is 35.5. The quantitative estimate of drug-likeness (QED) is 0.654. The maximum absolute atomic E-state index is 13.4. The Labute approximate surface area is 168 Å². The summed E-state index contributed by atoms with van der Waals surface area (Å²) in [7, 11) is 0. The van der Waals surface area contributed by atoms with Gasteiger partial charge in [0.25, 0.3) is 0 Å². The van der Waals surface area contributed by atoms with Crippen molar-refractivity contribution in [3.63, 3.8) is 0 Å². The molecule has 0 bridgehead atoms. The molecular formula is C19H19Cl2FN2OS. The Bertz CT molecular complexity index is 784. The van der Waals surface area contributed by atoms with Gasteiger partial charge in [-0.3, -0.25) is 0 Å². The van der Waals surface area contributed by atoms with Gasteiger partial charge in [0, 0.05) is 30.4 Å². The lowest BCUT2D eigenvalue weighted by Crippen LogP contribution is -2.39. The van der Waals surface area contributed by atoms with Crippen molar-refractivity contribution in [3.05, 3.63) is 63.9 Å². The second-order valence-corrected chi connectivity index (χ2v) is 7.37. The monoisotopic (exact) mass is 412 g/mol. The Morgan fingerprint density at radius 3 is 2.73 bits per heavy atom. The van der Waals surface area contributed by atoms with Crippen molar-refractivity contribution in [1.82, 2.24) is 4.90 Å². The first-order valence-corrected chi connectivity index (χ1v) is 9.55. The third-order valence-electron chi connectivity index (χ3n) is 4.23. The van der Waals surface area contributed by atoms with Gasteiger partial charge >= 0.3 is 0 Å². The van der Waals surface area contributed by atoms with Crippen molar-refractivity contribution in [3.8, 4) is 0 Å². The first-order chi connectivity index (χ1) is 12.5. The number of nitrogens with zero attached hydrogens (tertiary/aromatic N) is 1. The molecule has 26 heavy (non-hydrogen) atoms. The molecule has 2 aromatic carbocycles. The van der Waals surface area contributed by atoms with Crippen LogP contribution in [-0.2, 0) is 11.3 Å². The van der Waals surface area contributed by atoms with Crippen LogP contribution in [0, 0.1) is 5.82 Å². The number of thiocarbonyl (C=S) groups is 1. The van der Waals surface area contributed by atoms with Gasteiger partial charge in [0.1, 0.15) is 5.82 Å². The van der Waals surface area contributed by atoms with Gasteiger partial charge in [-0.15, -0.1) is 0 Å². The zero-order valence-corrected chi connectivity index (χ0v) is 16.4. The third-order valence-corrected chi connectivity index (χ3v) is 5.24. The van der Waals surface area contributed by atoms with Gasteiger partial charge in [0.05, 0.1) is 11.1 Å². The van der Waals surface area contributed by atoms with Crippen LogP contribution in [0.1, 0.15) is 18.4 Å². The summed E-state index contributed by atoms with van der Waals surface area (Å²) in [5.74, 6) is -0.463. The average molecular weight is 413 g/mol. The van der Waals surface area contributed by atoms with Gasteiger partial charge in [-0.1, -0.05) is 41.4 Å². The van der Waals surface area contributed by atoms with Gasteiger partial charge in [0.2, 0.25) is 0 Å². The lowest BCUT2D eigenvalue weighted by Gasteiger charge is -2.28. The number of benzene rings is 2. The minimum Gasteiger partial charge on any atom is -0.376 e. The lowest BCUT2D eigenvalue weighted by molar-refractivity contribution is 0.0905. The van der Waals surface area contributed by atoms with Crippen LogP contribution in [0.5, 0.6) is 0 Å². The molecule has 0 saturated carbocycles. The molecule has 2 aromatic rings. The summed E-state index contributed by atoms with van der Waals surface area (Å²) in [6.07, 6.45) is 2.19. The third kappa shape index (κ3) is 5.07. The van der Waals surface area contributed by atoms with Crippen LogP contribution in [0.15, 0.2) is 42.5 Å². The Morgan fingerprint density at radius 2 is 2.04 bits per heavy atom. The summed E-state index contributed by atoms with van der Waals surface area (Å²) < 4.78 is 19.1. The van der Waals surface area contributed by atoms with Crippen LogP contribution in [0.25, 0.3) is 0 Å². The molecule has 1 aliphatic rings. The van der Waals surface area contributed by atoms with E-state index in [1.807, 2.05) is 29.2 Å². The summed E-state index contributed by atoms with van der Waals surface area (Å²) in [6.45, 7) is 1.99. The summed E-state index contributed by atoms with van der Waals surface area (Å²) >= 11 is 17.8. The van der Waals surface area contributed by atoms with Crippen molar-refractivity contribution < 1.29 is 9.13 Å². The number of hydrogen-bond acceptors (Lipinski definition) is 2. The molecular weight excluding hydrogens is 394 g/mol. The van der Waals surface area contributed by atoms with Crippen molar-refractivity contribution >= 4 is 46.2 Å². The molecule has 1 atom stereocenters. The van der Waals surface area contributed by atoms with E-state index in [4.69, 9.17) is 40.2 Å². The van der Waals surface area contributed by atoms with Crippen LogP contribution in [0.3, 0.4) is 0 Å². The SMILES string of the molecule is Fc1ccc(NC(=S)N(Cc2ccccc2Cl)C[C@H]2CCCO2)cc1Cl. The van der Waals surface area contributed by atoms with E-state index >= 15 is 0 Å². The lowest BCUT2D eigenvalue weighted by atomic mass is 10.2. The van der Waals surface area contributed by atoms with Gasteiger partial charge in [-0.25, -0.2) is 4.39 Å². The molecule has 0 aromatic heterocycles. The van der Waals surface area contributed by atoms with Gasteiger partial charge in [0.15, 0.2) is 5.11 Å². The van der Waals surface area contributed by atoms with E-state index in [-0.39, 0.29) is 11.1 Å². The topological polar surface area (TPSA) is 24.5 Å². The molecule has 138 valence electrons. The van der Waals surface area contributed by atoms with Gasteiger partial charge < -0.3 is 15.0 Å². The fraction of sp³-hybridized carbons (Fsp3) is 0.316. The Kier molecular flexibility index (Phi) is 6.70. The number of hydrogen-bond donors (Lipinski definition) is 1. The van der Waals surface area contributed by atoms with E-state index < -0.39 is 5.82 Å². The summed E-state index contributed by atoms with van der Waals surface area (Å²) in [5, 5.41) is 4.39. The summed E-state index contributed by atoms with van der Waals surface area (Å²) in [6, 6.07) is 12.1. The smallest absolute Gasteiger partial charge is 0.173 e. The first-order valence-electron chi connectivity index (χ1n) is 8.39. The normalized spacial score (nSPS) is 16.5. The average Bonchev–Trinajstić information content (AvgIpc) is 3.12. The fourth-order valence-electron chi connectivity index (χ4n) is 2.86. The molecule has 0 radical (unpaired) electrons. The standard InChI is InChI=1S/C19H19Cl2FN2OS/c20-16-6-2-1-4-13(16)11-24(12-15-5-3-9-25-15)19(26)23-14-7-8-18(22)17(21)10-14/h1-2,4,6-8,10,15H,3,5,9,11-12H2,(H,23,26)/t15-/m1/s1. The summed E-state index contributed by atoms with van der Waals surface area (Å²) in [4.78, 5) is 2.02. The maximum Gasteiger partial charge on any atom is 0.173 e. The van der Waals surface area contributed by atoms with Crippen LogP contribution in [-0.4, -0.2) is 29.3 Å². The largest absolute Gasteiger partial charge is 0.376 e. The summed E-state index contributed by atoms with van der Waals surface area (Å²) in [5.41, 5.74) is 1.62. The highest BCUT2D eigenvalue weighted by molar-refractivity contribution is 7.80. The number of ether oxygens (including phenoxy) is 1. The van der Waals surface area contributed by atoms with Gasteiger partial charge in [-0.2, -0.15) is 0 Å². The van der Waals surface area contributed by atoms with E-state index in [9.17, 15) is 4.39 Å². The maximum atomic E-state index is 13.4. The number of rotatable bonds is 5. The second kappa shape index (κ2) is 9.00. The first kappa shape index (κ1) is 19.4. The Hall–Kier alpha value is -1.40. The Balaban J connectivity index is 1.75. The molecule has 0 unspecified atom stereocenters. The van der Waals surface area contributed by atoms with Crippen molar-refractivity contribution in [2.75, 3.05) is 18.5 Å². The molecule has 1 N–H and O–H groups in total. The van der Waals surface area contributed by atoms with Crippen LogP contribution >= 0.6 is 35.4 Å². The highest BCUT2D eigenvalue weighted by Crippen LogP contribution is 2.22. The van der Waals surface area contributed by atoms with Crippen LogP contribution in [0.4, 0.5) is 10.1 Å². The van der Waals surface area contributed by atoms with E-state index in [2.05, 4.69) is 5.32 Å². The zero-order chi connectivity index (χ0) is 18.5. The molecule has 0 spiro atoms. The molecule has 1 fully saturated rings. The van der Waals surface area contributed by atoms with Crippen LogP contribution < -0.4 is 5.32 Å². The molecule has 3 rings (SSSR count). The molecule has 0 amide bonds. The number of anilines is 1. The Morgan fingerprint density at radius 1 is 1.23 bits per heavy atom. The molecule has 1 heterocycles. The van der Waals surface area contributed by atoms with E-state index in [0.29, 0.717) is 28.9 Å². The second-order valence-electron chi connectivity index (χ2n) is 6.17. The van der Waals surface area contributed by atoms with E-state index in [1.165, 1.54) is 12.1 Å². The van der Waals surface area contributed by atoms with Gasteiger partial charge in [-0.05, 0) is 54.9 Å². The predicted octanol–water partition coefficient (Wildman–Crippen LogP) is 5.51. The molecule has 0 aliphatic carbocycles. The minimum atomic E-state index is -0.463. The van der Waals surface area contributed by atoms with Crippen LogP contribution in [0.2, 0.25) is 10.0 Å². The highest BCUT2D eigenvalue weighted by Gasteiger charge is 2.22. The molecule has 1 aliphatic heterocycles.